The number of H-pyrrole nitrogens is 1. The van der Waals surface area contributed by atoms with E-state index < -0.39 is 0 Å². The van der Waals surface area contributed by atoms with Gasteiger partial charge in [0.25, 0.3) is 5.91 Å². The number of hydrogen-bond acceptors (Lipinski definition) is 7. The van der Waals surface area contributed by atoms with Crippen LogP contribution < -0.4 is 19.8 Å². The molecule has 4 aliphatic rings. The monoisotopic (exact) mass is 623 g/mol. The first kappa shape index (κ1) is 27.4. The highest BCUT2D eigenvalue weighted by Crippen LogP contribution is 2.68. The second-order valence-corrected chi connectivity index (χ2v) is 14.3. The molecular formula is C34H29N3O5S2. The SMILES string of the molecule is Cc1cccc(NC(=O)COc2cccc([C@H]3c4sc(=O)[nH]c4SC4C3[C@H]3C[C@@H]4C4C(=O)N(c5ccccc5)C(=O)C43)c2)c1. The Labute approximate surface area is 261 Å². The summed E-state index contributed by atoms with van der Waals surface area (Å²) in [4.78, 5) is 58.2. The van der Waals surface area contributed by atoms with E-state index in [1.165, 1.54) is 16.2 Å². The van der Waals surface area contributed by atoms with Crippen molar-refractivity contribution in [3.05, 3.63) is 105 Å². The number of carbonyl (C=O) groups is 3. The zero-order valence-electron chi connectivity index (χ0n) is 23.8. The minimum atomic E-state index is -0.362. The summed E-state index contributed by atoms with van der Waals surface area (Å²) in [5.74, 6) is -0.579. The number of aryl methyl sites for hydroxylation is 1. The molecule has 2 aliphatic heterocycles. The summed E-state index contributed by atoms with van der Waals surface area (Å²) in [6, 6.07) is 24.5. The smallest absolute Gasteiger partial charge is 0.305 e. The Bertz CT molecular complexity index is 1870. The van der Waals surface area contributed by atoms with Crippen molar-refractivity contribution in [1.82, 2.24) is 4.98 Å². The molecule has 7 atom stereocenters. The molecule has 2 bridgehead atoms. The average molecular weight is 624 g/mol. The van der Waals surface area contributed by atoms with Crippen LogP contribution in [-0.4, -0.2) is 34.6 Å². The van der Waals surface area contributed by atoms with Crippen LogP contribution in [0, 0.1) is 36.5 Å². The molecule has 4 unspecified atom stereocenters. The van der Waals surface area contributed by atoms with Crippen molar-refractivity contribution < 1.29 is 19.1 Å². The lowest BCUT2D eigenvalue weighted by Crippen LogP contribution is -2.42. The summed E-state index contributed by atoms with van der Waals surface area (Å²) < 4.78 is 5.94. The van der Waals surface area contributed by atoms with Crippen LogP contribution in [0.3, 0.4) is 0 Å². The van der Waals surface area contributed by atoms with Crippen LogP contribution in [0.15, 0.2) is 88.7 Å². The zero-order chi connectivity index (χ0) is 30.1. The highest BCUT2D eigenvalue weighted by atomic mass is 32.2. The largest absolute Gasteiger partial charge is 0.484 e. The van der Waals surface area contributed by atoms with Gasteiger partial charge in [-0.3, -0.25) is 24.1 Å². The number of para-hydroxylation sites is 1. The molecule has 4 aromatic rings. The molecule has 222 valence electrons. The predicted molar refractivity (Wildman–Crippen MR) is 169 cm³/mol. The number of thioether (sulfide) groups is 1. The van der Waals surface area contributed by atoms with Crippen LogP contribution in [0.5, 0.6) is 5.75 Å². The van der Waals surface area contributed by atoms with Crippen molar-refractivity contribution in [3.63, 3.8) is 0 Å². The summed E-state index contributed by atoms with van der Waals surface area (Å²) in [5.41, 5.74) is 3.38. The Balaban J connectivity index is 1.09. The summed E-state index contributed by atoms with van der Waals surface area (Å²) in [6.45, 7) is 1.82. The van der Waals surface area contributed by atoms with Crippen LogP contribution in [-0.2, 0) is 14.4 Å². The summed E-state index contributed by atoms with van der Waals surface area (Å²) in [6.07, 6.45) is 0.822. The summed E-state index contributed by atoms with van der Waals surface area (Å²) in [5, 5.41) is 3.83. The van der Waals surface area contributed by atoms with Gasteiger partial charge in [0, 0.05) is 21.7 Å². The van der Waals surface area contributed by atoms with Crippen molar-refractivity contribution >= 4 is 52.2 Å². The van der Waals surface area contributed by atoms with Gasteiger partial charge in [-0.25, -0.2) is 0 Å². The van der Waals surface area contributed by atoms with Crippen molar-refractivity contribution in [1.29, 1.82) is 0 Å². The van der Waals surface area contributed by atoms with E-state index in [2.05, 4.69) is 10.3 Å². The molecule has 1 saturated heterocycles. The van der Waals surface area contributed by atoms with E-state index in [4.69, 9.17) is 4.74 Å². The number of imide groups is 1. The lowest BCUT2D eigenvalue weighted by atomic mass is 9.68. The molecule has 3 amide bonds. The van der Waals surface area contributed by atoms with Gasteiger partial charge in [0.05, 0.1) is 22.5 Å². The molecule has 1 aromatic heterocycles. The maximum atomic E-state index is 13.9. The number of rotatable bonds is 6. The van der Waals surface area contributed by atoms with Crippen molar-refractivity contribution in [2.24, 2.45) is 29.6 Å². The number of carbonyl (C=O) groups excluding carboxylic acids is 3. The molecule has 2 saturated carbocycles. The third-order valence-electron chi connectivity index (χ3n) is 9.63. The standard InChI is InChI=1S/C34H29N3O5S2/c1-17-7-5-9-19(13-17)35-24(38)16-42-21-12-6-8-18(14-21)25-26-22-15-23(29(26)43-31-30(25)44-34(41)36-31)28-27(22)32(39)37(33(28)40)20-10-3-2-4-11-20/h2-14,22-23,25-29H,15-16H2,1H3,(H,35,38)(H,36,41)/t22-,23-,25-,26?,27?,28?,29?/m1/s1. The van der Waals surface area contributed by atoms with E-state index >= 15 is 0 Å². The Morgan fingerprint density at radius 2 is 1.73 bits per heavy atom. The van der Waals surface area contributed by atoms with Gasteiger partial charge >= 0.3 is 4.87 Å². The average Bonchev–Trinajstić information content (AvgIpc) is 3.75. The first-order chi connectivity index (χ1) is 21.4. The number of nitrogens with one attached hydrogen (secondary N) is 2. The van der Waals surface area contributed by atoms with Crippen molar-refractivity contribution in [3.8, 4) is 5.75 Å². The number of aromatic nitrogens is 1. The minimum Gasteiger partial charge on any atom is -0.484 e. The number of fused-ring (bicyclic) bond motifs is 9. The van der Waals surface area contributed by atoms with Gasteiger partial charge in [0.15, 0.2) is 6.61 Å². The summed E-state index contributed by atoms with van der Waals surface area (Å²) >= 11 is 2.89. The number of aromatic amines is 1. The van der Waals surface area contributed by atoms with Gasteiger partial charge in [-0.1, -0.05) is 53.8 Å². The molecule has 3 fully saturated rings. The zero-order valence-corrected chi connectivity index (χ0v) is 25.4. The maximum Gasteiger partial charge on any atom is 0.305 e. The maximum absolute atomic E-state index is 13.9. The quantitative estimate of drug-likeness (QED) is 0.277. The number of hydrogen-bond donors (Lipinski definition) is 2. The molecular weight excluding hydrogens is 595 g/mol. The Kier molecular flexibility index (Phi) is 6.53. The second-order valence-electron chi connectivity index (χ2n) is 12.1. The van der Waals surface area contributed by atoms with Gasteiger partial charge in [0.2, 0.25) is 11.8 Å². The fraction of sp³-hybridized carbons (Fsp3) is 0.294. The fourth-order valence-electron chi connectivity index (χ4n) is 8.09. The molecule has 8 rings (SSSR count). The van der Waals surface area contributed by atoms with E-state index in [9.17, 15) is 19.2 Å². The van der Waals surface area contributed by atoms with E-state index in [0.29, 0.717) is 17.1 Å². The number of ether oxygens (including phenoxy) is 1. The first-order valence-electron chi connectivity index (χ1n) is 14.8. The van der Waals surface area contributed by atoms with E-state index in [0.717, 1.165) is 27.5 Å². The van der Waals surface area contributed by atoms with Crippen molar-refractivity contribution in [2.75, 3.05) is 16.8 Å². The van der Waals surface area contributed by atoms with Crippen molar-refractivity contribution in [2.45, 2.75) is 29.5 Å². The van der Waals surface area contributed by atoms with Crippen LogP contribution >= 0.6 is 23.1 Å². The van der Waals surface area contributed by atoms with Gasteiger partial charge < -0.3 is 15.0 Å². The molecule has 0 spiro atoms. The van der Waals surface area contributed by atoms with Crippen LogP contribution in [0.2, 0.25) is 0 Å². The Morgan fingerprint density at radius 3 is 2.52 bits per heavy atom. The molecule has 8 nitrogen and oxygen atoms in total. The number of benzene rings is 3. The van der Waals surface area contributed by atoms with Gasteiger partial charge in [-0.05, 0) is 78.6 Å². The van der Waals surface area contributed by atoms with E-state index in [1.54, 1.807) is 11.8 Å². The number of anilines is 2. The van der Waals surface area contributed by atoms with Gasteiger partial charge in [-0.15, -0.1) is 11.8 Å². The molecule has 44 heavy (non-hydrogen) atoms. The van der Waals surface area contributed by atoms with Gasteiger partial charge in [0.1, 0.15) is 5.75 Å². The van der Waals surface area contributed by atoms with Crippen LogP contribution in [0.25, 0.3) is 0 Å². The Morgan fingerprint density at radius 1 is 0.955 bits per heavy atom. The topological polar surface area (TPSA) is 109 Å². The number of amides is 3. The summed E-state index contributed by atoms with van der Waals surface area (Å²) in [7, 11) is 0. The van der Waals surface area contributed by atoms with Crippen LogP contribution in [0.1, 0.15) is 28.3 Å². The Hall–Kier alpha value is -4.15. The highest BCUT2D eigenvalue weighted by Gasteiger charge is 2.69. The first-order valence-corrected chi connectivity index (χ1v) is 16.5. The van der Waals surface area contributed by atoms with Gasteiger partial charge in [-0.2, -0.15) is 0 Å². The van der Waals surface area contributed by atoms with Crippen LogP contribution in [0.4, 0.5) is 11.4 Å². The second kappa shape index (κ2) is 10.5. The molecule has 10 heteroatoms. The third-order valence-corrected chi connectivity index (χ3v) is 12.2. The molecule has 3 heterocycles. The minimum absolute atomic E-state index is 0.0210. The predicted octanol–water partition coefficient (Wildman–Crippen LogP) is 5.44. The molecule has 0 radical (unpaired) electrons. The lowest BCUT2D eigenvalue weighted by molar-refractivity contribution is -0.123. The highest BCUT2D eigenvalue weighted by molar-refractivity contribution is 8.00. The fourth-order valence-corrected chi connectivity index (χ4v) is 11.0. The molecule has 2 aliphatic carbocycles. The van der Waals surface area contributed by atoms with E-state index in [1.807, 2.05) is 85.8 Å². The van der Waals surface area contributed by atoms with E-state index in [-0.39, 0.29) is 70.0 Å². The number of thiazole rings is 1. The molecule has 2 N–H and O–H groups in total. The number of nitrogens with zero attached hydrogens (tertiary/aromatic N) is 1. The molecule has 3 aromatic carbocycles. The normalized spacial score (nSPS) is 28.0. The lowest BCUT2D eigenvalue weighted by Gasteiger charge is -2.43. The third kappa shape index (κ3) is 4.34.